The van der Waals surface area contributed by atoms with Gasteiger partial charge in [-0.05, 0) is 52.5 Å². The Hall–Kier alpha value is -1.95. The molecule has 2 aliphatic rings. The lowest BCUT2D eigenvalue weighted by molar-refractivity contribution is -0.152. The molecule has 1 aromatic rings. The van der Waals surface area contributed by atoms with Gasteiger partial charge in [0, 0.05) is 35.9 Å². The smallest absolute Gasteiger partial charge is 0.309 e. The molecule has 0 N–H and O–H groups in total. The summed E-state index contributed by atoms with van der Waals surface area (Å²) in [5.41, 5.74) is 2.43. The first kappa shape index (κ1) is 20.8. The molecule has 4 atom stereocenters. The van der Waals surface area contributed by atoms with Crippen LogP contribution in [0.15, 0.2) is 6.07 Å². The summed E-state index contributed by atoms with van der Waals surface area (Å²) in [4.78, 5) is 37.4. The number of methoxy groups -OCH3 is 1. The number of aromatic nitrogens is 1. The number of ether oxygens (including phenoxy) is 2. The topological polar surface area (TPSA) is 74.6 Å². The molecule has 28 heavy (non-hydrogen) atoms. The molecule has 2 aliphatic carbocycles. The van der Waals surface area contributed by atoms with E-state index in [1.807, 2.05) is 26.8 Å². The van der Waals surface area contributed by atoms with Crippen LogP contribution in [0.4, 0.5) is 0 Å². The maximum Gasteiger partial charge on any atom is 0.309 e. The fourth-order valence-corrected chi connectivity index (χ4v) is 5.06. The zero-order chi connectivity index (χ0) is 20.4. The second kappa shape index (κ2) is 8.60. The van der Waals surface area contributed by atoms with Crippen molar-refractivity contribution in [2.45, 2.75) is 58.9 Å². The maximum absolute atomic E-state index is 12.7. The van der Waals surface area contributed by atoms with Gasteiger partial charge in [-0.3, -0.25) is 14.4 Å². The minimum absolute atomic E-state index is 0.00181. The summed E-state index contributed by atoms with van der Waals surface area (Å²) in [5, 5.41) is 0. The third-order valence-corrected chi connectivity index (χ3v) is 6.36. The second-order valence-electron chi connectivity index (χ2n) is 8.39. The Balaban J connectivity index is 1.61. The van der Waals surface area contributed by atoms with Gasteiger partial charge in [0.15, 0.2) is 6.61 Å². The van der Waals surface area contributed by atoms with Gasteiger partial charge in [-0.2, -0.15) is 0 Å². The highest BCUT2D eigenvalue weighted by Gasteiger charge is 2.41. The van der Waals surface area contributed by atoms with Gasteiger partial charge < -0.3 is 14.0 Å². The van der Waals surface area contributed by atoms with E-state index in [1.165, 1.54) is 0 Å². The van der Waals surface area contributed by atoms with Crippen molar-refractivity contribution >= 4 is 17.5 Å². The van der Waals surface area contributed by atoms with Crippen molar-refractivity contribution in [3.63, 3.8) is 0 Å². The Morgan fingerprint density at radius 2 is 1.86 bits per heavy atom. The van der Waals surface area contributed by atoms with Gasteiger partial charge >= 0.3 is 5.97 Å². The van der Waals surface area contributed by atoms with Crippen LogP contribution in [0, 0.1) is 31.6 Å². The van der Waals surface area contributed by atoms with E-state index in [4.69, 9.17) is 9.47 Å². The number of hydrogen-bond acceptors (Lipinski definition) is 5. The summed E-state index contributed by atoms with van der Waals surface area (Å²) >= 11 is 0. The largest absolute Gasteiger partial charge is 0.457 e. The number of ketones is 2. The minimum atomic E-state index is -0.334. The van der Waals surface area contributed by atoms with Crippen molar-refractivity contribution < 1.29 is 23.9 Å². The number of hydrogen-bond donors (Lipinski definition) is 0. The summed E-state index contributed by atoms with van der Waals surface area (Å²) in [6, 6.07) is 1.97. The van der Waals surface area contributed by atoms with Crippen molar-refractivity contribution in [2.24, 2.45) is 17.8 Å². The van der Waals surface area contributed by atoms with E-state index in [0.29, 0.717) is 30.8 Å². The lowest BCUT2D eigenvalue weighted by Gasteiger charge is -2.36. The van der Waals surface area contributed by atoms with Crippen molar-refractivity contribution in [1.29, 1.82) is 0 Å². The van der Waals surface area contributed by atoms with E-state index in [0.717, 1.165) is 30.7 Å². The SMILES string of the molecule is COC[C@H](C)n1c(C)cc(C(=O)COC(=O)C2C[C@H]3CCC[C@@H](C2)C3=O)c1C. The second-order valence-corrected chi connectivity index (χ2v) is 8.39. The number of aryl methyl sites for hydroxylation is 1. The first-order valence-corrected chi connectivity index (χ1v) is 10.2. The summed E-state index contributed by atoms with van der Waals surface area (Å²) in [6.45, 7) is 6.21. The summed E-state index contributed by atoms with van der Waals surface area (Å²) in [6.07, 6.45) is 3.97. The lowest BCUT2D eigenvalue weighted by atomic mass is 9.67. The predicted octanol–water partition coefficient (Wildman–Crippen LogP) is 3.43. The average molecular weight is 389 g/mol. The highest BCUT2D eigenvalue weighted by molar-refractivity contribution is 5.99. The molecule has 0 aromatic carbocycles. The number of rotatable bonds is 7. The van der Waals surface area contributed by atoms with Crippen molar-refractivity contribution in [1.82, 2.24) is 4.57 Å². The van der Waals surface area contributed by atoms with Crippen LogP contribution in [0.5, 0.6) is 0 Å². The maximum atomic E-state index is 12.7. The van der Waals surface area contributed by atoms with Gasteiger partial charge in [-0.25, -0.2) is 0 Å². The van der Waals surface area contributed by atoms with E-state index >= 15 is 0 Å². The molecule has 0 saturated heterocycles. The number of carbonyl (C=O) groups excluding carboxylic acids is 3. The van der Waals surface area contributed by atoms with E-state index in [1.54, 1.807) is 7.11 Å². The van der Waals surface area contributed by atoms with Crippen molar-refractivity contribution in [2.75, 3.05) is 20.3 Å². The van der Waals surface area contributed by atoms with Gasteiger partial charge in [-0.1, -0.05) is 6.42 Å². The number of Topliss-reactive ketones (excluding diaryl/α,β-unsaturated/α-hetero) is 2. The van der Waals surface area contributed by atoms with Crippen LogP contribution >= 0.6 is 0 Å². The third-order valence-electron chi connectivity index (χ3n) is 6.36. The number of nitrogens with zero attached hydrogens (tertiary/aromatic N) is 1. The fourth-order valence-electron chi connectivity index (χ4n) is 5.06. The van der Waals surface area contributed by atoms with Crippen LogP contribution in [0.25, 0.3) is 0 Å². The molecule has 3 rings (SSSR count). The standard InChI is InChI=1S/C22H31NO5/c1-13-8-19(15(3)23(13)14(2)11-27-4)20(24)12-28-22(26)18-9-16-6-5-7-17(10-18)21(16)25/h8,14,16-18H,5-7,9-12H2,1-4H3/t14-,16-,17+,18?/m0/s1. The van der Waals surface area contributed by atoms with Crippen LogP contribution in [0.3, 0.4) is 0 Å². The summed E-state index contributed by atoms with van der Waals surface area (Å²) in [5.74, 6) is -0.452. The monoisotopic (exact) mass is 389 g/mol. The van der Waals surface area contributed by atoms with Crippen LogP contribution in [0.2, 0.25) is 0 Å². The average Bonchev–Trinajstić information content (AvgIpc) is 2.93. The number of fused-ring (bicyclic) bond motifs is 2. The first-order valence-electron chi connectivity index (χ1n) is 10.2. The van der Waals surface area contributed by atoms with Crippen LogP contribution in [-0.4, -0.2) is 42.4 Å². The van der Waals surface area contributed by atoms with Gasteiger partial charge in [-0.15, -0.1) is 0 Å². The molecule has 0 aliphatic heterocycles. The minimum Gasteiger partial charge on any atom is -0.457 e. The lowest BCUT2D eigenvalue weighted by Crippen LogP contribution is -2.39. The first-order chi connectivity index (χ1) is 13.3. The number of carbonyl (C=O) groups is 3. The summed E-state index contributed by atoms with van der Waals surface area (Å²) < 4.78 is 12.7. The van der Waals surface area contributed by atoms with Gasteiger partial charge in [0.1, 0.15) is 5.78 Å². The normalized spacial score (nSPS) is 25.4. The molecule has 0 radical (unpaired) electrons. The van der Waals surface area contributed by atoms with E-state index in [9.17, 15) is 14.4 Å². The fraction of sp³-hybridized carbons (Fsp3) is 0.682. The van der Waals surface area contributed by atoms with Crippen molar-refractivity contribution in [3.8, 4) is 0 Å². The van der Waals surface area contributed by atoms with E-state index in [2.05, 4.69) is 4.57 Å². The Bertz CT molecular complexity index is 749. The van der Waals surface area contributed by atoms with Gasteiger partial charge in [0.2, 0.25) is 5.78 Å². The molecule has 2 bridgehead atoms. The van der Waals surface area contributed by atoms with Crippen molar-refractivity contribution in [3.05, 3.63) is 23.0 Å². The van der Waals surface area contributed by atoms with E-state index in [-0.39, 0.29) is 42.2 Å². The number of esters is 1. The highest BCUT2D eigenvalue weighted by Crippen LogP contribution is 2.40. The molecular weight excluding hydrogens is 358 g/mol. The summed E-state index contributed by atoms with van der Waals surface area (Å²) in [7, 11) is 1.66. The molecule has 2 fully saturated rings. The molecule has 1 unspecified atom stereocenters. The Morgan fingerprint density at radius 1 is 1.21 bits per heavy atom. The molecule has 6 nitrogen and oxygen atoms in total. The van der Waals surface area contributed by atoms with Gasteiger partial charge in [0.05, 0.1) is 18.6 Å². The van der Waals surface area contributed by atoms with Crippen LogP contribution < -0.4 is 0 Å². The molecule has 1 aromatic heterocycles. The molecule has 0 spiro atoms. The Kier molecular flexibility index (Phi) is 6.38. The molecule has 154 valence electrons. The molecule has 0 amide bonds. The highest BCUT2D eigenvalue weighted by atomic mass is 16.5. The molecule has 1 heterocycles. The molecular formula is C22H31NO5. The third kappa shape index (κ3) is 4.07. The van der Waals surface area contributed by atoms with E-state index < -0.39 is 0 Å². The quantitative estimate of drug-likeness (QED) is 0.528. The Labute approximate surface area is 166 Å². The zero-order valence-electron chi connectivity index (χ0n) is 17.3. The molecule has 6 heteroatoms. The predicted molar refractivity (Wildman–Crippen MR) is 104 cm³/mol. The Morgan fingerprint density at radius 3 is 2.46 bits per heavy atom. The molecule has 2 saturated carbocycles. The zero-order valence-corrected chi connectivity index (χ0v) is 17.3. The van der Waals surface area contributed by atoms with Crippen LogP contribution in [0.1, 0.15) is 66.8 Å². The van der Waals surface area contributed by atoms with Crippen LogP contribution in [-0.2, 0) is 19.1 Å². The van der Waals surface area contributed by atoms with Gasteiger partial charge in [0.25, 0.3) is 0 Å².